The Labute approximate surface area is 157 Å². The van der Waals surface area contributed by atoms with Crippen LogP contribution in [-0.4, -0.2) is 36.4 Å². The zero-order valence-electron chi connectivity index (χ0n) is 14.4. The van der Waals surface area contributed by atoms with Crippen molar-refractivity contribution in [2.75, 3.05) is 25.4 Å². The fourth-order valence-electron chi connectivity index (χ4n) is 2.67. The molecule has 0 radical (unpaired) electrons. The third-order valence-electron chi connectivity index (χ3n) is 3.82. The molecule has 1 unspecified atom stereocenters. The first-order chi connectivity index (χ1) is 12.4. The number of para-hydroxylation sites is 1. The number of benzene rings is 1. The van der Waals surface area contributed by atoms with Crippen LogP contribution in [0.2, 0.25) is 0 Å². The highest BCUT2D eigenvalue weighted by molar-refractivity contribution is 8.00. The Morgan fingerprint density at radius 2 is 2.36 bits per heavy atom. The number of rotatable bonds is 7. The fraction of sp³-hybridized carbons (Fsp3) is 0.444. The zero-order chi connectivity index (χ0) is 17.3. The molecule has 1 aromatic heterocycles. The number of guanidine groups is 1. The number of aromatic nitrogens is 1. The van der Waals surface area contributed by atoms with Crippen LogP contribution in [0.4, 0.5) is 0 Å². The van der Waals surface area contributed by atoms with Crippen molar-refractivity contribution >= 4 is 29.1 Å². The molecule has 1 aromatic carbocycles. The summed E-state index contributed by atoms with van der Waals surface area (Å²) in [6.07, 6.45) is 3.83. The van der Waals surface area contributed by atoms with Gasteiger partial charge in [-0.05, 0) is 19.4 Å². The zero-order valence-corrected chi connectivity index (χ0v) is 16.0. The number of aliphatic imine (C=N–C) groups is 1. The maximum atomic E-state index is 5.74. The van der Waals surface area contributed by atoms with Crippen LogP contribution in [0.3, 0.4) is 0 Å². The van der Waals surface area contributed by atoms with Gasteiger partial charge in [0.25, 0.3) is 0 Å². The van der Waals surface area contributed by atoms with Gasteiger partial charge in [-0.3, -0.25) is 4.99 Å². The predicted octanol–water partition coefficient (Wildman–Crippen LogP) is 3.70. The van der Waals surface area contributed by atoms with E-state index in [0.717, 1.165) is 54.3 Å². The molecular weight excluding hydrogens is 352 g/mol. The van der Waals surface area contributed by atoms with Crippen molar-refractivity contribution < 1.29 is 4.74 Å². The van der Waals surface area contributed by atoms with Crippen LogP contribution in [0.1, 0.15) is 31.4 Å². The van der Waals surface area contributed by atoms with E-state index in [0.29, 0.717) is 0 Å². The van der Waals surface area contributed by atoms with E-state index in [2.05, 4.69) is 34.7 Å². The van der Waals surface area contributed by atoms with Crippen molar-refractivity contribution in [3.05, 3.63) is 41.4 Å². The Kier molecular flexibility index (Phi) is 6.99. The molecule has 0 amide bonds. The van der Waals surface area contributed by atoms with Crippen molar-refractivity contribution in [2.24, 2.45) is 4.99 Å². The van der Waals surface area contributed by atoms with Crippen molar-refractivity contribution in [2.45, 2.75) is 30.1 Å². The highest BCUT2D eigenvalue weighted by Crippen LogP contribution is 2.31. The monoisotopic (exact) mass is 376 g/mol. The summed E-state index contributed by atoms with van der Waals surface area (Å²) < 4.78 is 6.87. The molecular formula is C18H24N4OS2. The molecule has 0 saturated heterocycles. The van der Waals surface area contributed by atoms with Gasteiger partial charge in [0.2, 0.25) is 0 Å². The lowest BCUT2D eigenvalue weighted by molar-refractivity contribution is 0.261. The number of hydrogen-bond acceptors (Lipinski definition) is 5. The largest absolute Gasteiger partial charge is 0.493 e. The van der Waals surface area contributed by atoms with Gasteiger partial charge < -0.3 is 15.4 Å². The normalized spacial score (nSPS) is 16.8. The second-order valence-corrected chi connectivity index (χ2v) is 7.87. The van der Waals surface area contributed by atoms with E-state index in [9.17, 15) is 0 Å². The molecule has 7 heteroatoms. The Morgan fingerprint density at radius 1 is 1.44 bits per heavy atom. The second kappa shape index (κ2) is 9.68. The number of nitrogens with zero attached hydrogens (tertiary/aromatic N) is 2. The summed E-state index contributed by atoms with van der Waals surface area (Å²) in [6.45, 7) is 4.48. The second-order valence-electron chi connectivity index (χ2n) is 5.63. The molecule has 2 N–H and O–H groups in total. The third-order valence-corrected chi connectivity index (χ3v) is 5.87. The quantitative estimate of drug-likeness (QED) is 0.334. The maximum Gasteiger partial charge on any atom is 0.191 e. The number of fused-ring (bicyclic) bond motifs is 1. The Balaban J connectivity index is 1.52. The van der Waals surface area contributed by atoms with Gasteiger partial charge >= 0.3 is 0 Å². The average molecular weight is 377 g/mol. The van der Waals surface area contributed by atoms with Crippen molar-refractivity contribution in [1.29, 1.82) is 0 Å². The van der Waals surface area contributed by atoms with Crippen LogP contribution < -0.4 is 15.4 Å². The van der Waals surface area contributed by atoms with E-state index in [-0.39, 0.29) is 6.04 Å². The van der Waals surface area contributed by atoms with Crippen LogP contribution in [0, 0.1) is 0 Å². The number of ether oxygens (including phenoxy) is 1. The minimum Gasteiger partial charge on any atom is -0.493 e. The molecule has 0 aliphatic carbocycles. The first-order valence-electron chi connectivity index (χ1n) is 8.65. The lowest BCUT2D eigenvalue weighted by atomic mass is 10.0. The molecule has 0 bridgehead atoms. The van der Waals surface area contributed by atoms with Crippen LogP contribution in [0.25, 0.3) is 0 Å². The molecule has 0 fully saturated rings. The molecule has 2 heterocycles. The number of thioether (sulfide) groups is 1. The van der Waals surface area contributed by atoms with Gasteiger partial charge in [0, 0.05) is 42.4 Å². The van der Waals surface area contributed by atoms with Crippen molar-refractivity contribution in [3.8, 4) is 5.75 Å². The molecule has 0 saturated carbocycles. The summed E-state index contributed by atoms with van der Waals surface area (Å²) in [6, 6.07) is 8.47. The number of thiazole rings is 1. The summed E-state index contributed by atoms with van der Waals surface area (Å²) >= 11 is 3.49. The molecule has 1 aliphatic rings. The standard InChI is InChI=1S/C18H24N4OS2/c1-2-19-17(20-9-5-12-24-18-21-10-13-25-18)22-15-8-11-23-16-7-4-3-6-14(15)16/h3-4,6-7,10,13,15H,2,5,8-9,11-12H2,1H3,(H2,19,20,22). The molecule has 2 aromatic rings. The highest BCUT2D eigenvalue weighted by Gasteiger charge is 2.21. The molecule has 3 rings (SSSR count). The predicted molar refractivity (Wildman–Crippen MR) is 106 cm³/mol. The lowest BCUT2D eigenvalue weighted by Gasteiger charge is -2.28. The Morgan fingerprint density at radius 3 is 3.20 bits per heavy atom. The van der Waals surface area contributed by atoms with Crippen LogP contribution >= 0.6 is 23.1 Å². The van der Waals surface area contributed by atoms with Gasteiger partial charge in [0.15, 0.2) is 5.96 Å². The molecule has 1 atom stereocenters. The summed E-state index contributed by atoms with van der Waals surface area (Å²) in [5.41, 5.74) is 1.21. The van der Waals surface area contributed by atoms with Crippen LogP contribution in [0.15, 0.2) is 45.2 Å². The molecule has 134 valence electrons. The molecule has 5 nitrogen and oxygen atoms in total. The van der Waals surface area contributed by atoms with E-state index in [1.165, 1.54) is 5.56 Å². The highest BCUT2D eigenvalue weighted by atomic mass is 32.2. The average Bonchev–Trinajstić information content (AvgIpc) is 3.15. The van der Waals surface area contributed by atoms with Gasteiger partial charge in [-0.25, -0.2) is 4.98 Å². The summed E-state index contributed by atoms with van der Waals surface area (Å²) in [7, 11) is 0. The van der Waals surface area contributed by atoms with Gasteiger partial charge in [-0.1, -0.05) is 30.0 Å². The van der Waals surface area contributed by atoms with E-state index in [4.69, 9.17) is 9.73 Å². The Bertz CT molecular complexity index is 675. The minimum atomic E-state index is 0.243. The van der Waals surface area contributed by atoms with Gasteiger partial charge in [-0.15, -0.1) is 11.3 Å². The molecule has 1 aliphatic heterocycles. The van der Waals surface area contributed by atoms with Crippen molar-refractivity contribution in [1.82, 2.24) is 15.6 Å². The topological polar surface area (TPSA) is 58.5 Å². The van der Waals surface area contributed by atoms with E-state index >= 15 is 0 Å². The summed E-state index contributed by atoms with van der Waals surface area (Å²) in [4.78, 5) is 9.01. The summed E-state index contributed by atoms with van der Waals surface area (Å²) in [5, 5.41) is 8.92. The van der Waals surface area contributed by atoms with Gasteiger partial charge in [-0.2, -0.15) is 0 Å². The minimum absolute atomic E-state index is 0.243. The summed E-state index contributed by atoms with van der Waals surface area (Å²) in [5.74, 6) is 2.89. The lowest BCUT2D eigenvalue weighted by Crippen LogP contribution is -2.41. The van der Waals surface area contributed by atoms with Crippen LogP contribution in [-0.2, 0) is 0 Å². The smallest absolute Gasteiger partial charge is 0.191 e. The van der Waals surface area contributed by atoms with Gasteiger partial charge in [0.05, 0.1) is 12.6 Å². The van der Waals surface area contributed by atoms with E-state index in [1.54, 1.807) is 23.1 Å². The number of nitrogens with one attached hydrogen (secondary N) is 2. The van der Waals surface area contributed by atoms with E-state index in [1.807, 2.05) is 23.7 Å². The SMILES string of the molecule is CCNC(=NCCCSc1nccs1)NC1CCOc2ccccc21. The fourth-order valence-corrected chi connectivity index (χ4v) is 4.31. The molecule has 25 heavy (non-hydrogen) atoms. The van der Waals surface area contributed by atoms with E-state index < -0.39 is 0 Å². The van der Waals surface area contributed by atoms with Crippen LogP contribution in [0.5, 0.6) is 5.75 Å². The van der Waals surface area contributed by atoms with Gasteiger partial charge in [0.1, 0.15) is 10.1 Å². The first-order valence-corrected chi connectivity index (χ1v) is 10.5. The maximum absolute atomic E-state index is 5.74. The first kappa shape index (κ1) is 18.1. The Hall–Kier alpha value is -1.73. The number of hydrogen-bond donors (Lipinski definition) is 2. The third kappa shape index (κ3) is 5.37. The van der Waals surface area contributed by atoms with Crippen molar-refractivity contribution in [3.63, 3.8) is 0 Å². The molecule has 0 spiro atoms.